The lowest BCUT2D eigenvalue weighted by atomic mass is 10.3. The third-order valence-corrected chi connectivity index (χ3v) is 4.44. The Labute approximate surface area is 172 Å². The van der Waals surface area contributed by atoms with Crippen LogP contribution in [0.15, 0.2) is 0 Å². The average molecular weight is 403 g/mol. The fourth-order valence-corrected chi connectivity index (χ4v) is 2.89. The quantitative estimate of drug-likeness (QED) is 0.196. The third kappa shape index (κ3) is 17.3. The van der Waals surface area contributed by atoms with Crippen LogP contribution in [0.3, 0.4) is 0 Å². The van der Waals surface area contributed by atoms with E-state index in [4.69, 9.17) is 10.5 Å². The van der Waals surface area contributed by atoms with Crippen molar-refractivity contribution in [2.24, 2.45) is 5.73 Å². The number of hydrogen-bond acceptors (Lipinski definition) is 7. The molecule has 8 heteroatoms. The summed E-state index contributed by atoms with van der Waals surface area (Å²) in [5, 5.41) is 9.72. The summed E-state index contributed by atoms with van der Waals surface area (Å²) in [5.74, 6) is 0.0683. The zero-order chi connectivity index (χ0) is 20.9. The van der Waals surface area contributed by atoms with Crippen LogP contribution in [-0.2, 0) is 9.53 Å². The minimum absolute atomic E-state index is 0.0683. The van der Waals surface area contributed by atoms with E-state index in [1.165, 1.54) is 0 Å². The summed E-state index contributed by atoms with van der Waals surface area (Å²) < 4.78 is 5.36. The van der Waals surface area contributed by atoms with E-state index in [-0.39, 0.29) is 5.91 Å². The average Bonchev–Trinajstić information content (AvgIpc) is 2.69. The van der Waals surface area contributed by atoms with E-state index < -0.39 is 0 Å². The lowest BCUT2D eigenvalue weighted by molar-refractivity contribution is -0.122. The number of nitrogens with one attached hydrogen (secondary N) is 3. The van der Waals surface area contributed by atoms with Gasteiger partial charge in [0, 0.05) is 78.5 Å². The summed E-state index contributed by atoms with van der Waals surface area (Å²) in [6.45, 7) is 15.7. The molecule has 28 heavy (non-hydrogen) atoms. The minimum Gasteiger partial charge on any atom is -0.381 e. The number of hydrogen-bond donors (Lipinski definition) is 4. The first kappa shape index (κ1) is 27.2. The van der Waals surface area contributed by atoms with Crippen LogP contribution >= 0.6 is 0 Å². The van der Waals surface area contributed by atoms with E-state index in [2.05, 4.69) is 39.6 Å². The number of nitrogens with zero attached hydrogens (tertiary/aromatic N) is 2. The van der Waals surface area contributed by atoms with Crippen LogP contribution in [0, 0.1) is 0 Å². The third-order valence-electron chi connectivity index (χ3n) is 4.44. The highest BCUT2D eigenvalue weighted by molar-refractivity contribution is 5.75. The normalized spacial score (nSPS) is 11.5. The van der Waals surface area contributed by atoms with Crippen LogP contribution in [0.4, 0.5) is 0 Å². The molecule has 0 saturated carbocycles. The van der Waals surface area contributed by atoms with E-state index in [9.17, 15) is 4.79 Å². The summed E-state index contributed by atoms with van der Waals surface area (Å²) >= 11 is 0. The van der Waals surface area contributed by atoms with Crippen LogP contribution in [0.5, 0.6) is 0 Å². The Kier molecular flexibility index (Phi) is 20.4. The minimum atomic E-state index is 0.0683. The molecule has 0 heterocycles. The second-order valence-electron chi connectivity index (χ2n) is 7.04. The summed E-state index contributed by atoms with van der Waals surface area (Å²) in [6.07, 6.45) is 2.59. The molecule has 0 fully saturated rings. The summed E-state index contributed by atoms with van der Waals surface area (Å²) in [5.41, 5.74) is 5.67. The Morgan fingerprint density at radius 2 is 1.50 bits per heavy atom. The molecule has 0 aliphatic carbocycles. The molecule has 5 N–H and O–H groups in total. The number of rotatable bonds is 21. The van der Waals surface area contributed by atoms with Crippen molar-refractivity contribution < 1.29 is 9.53 Å². The first-order valence-corrected chi connectivity index (χ1v) is 11.0. The van der Waals surface area contributed by atoms with Gasteiger partial charge in [-0.15, -0.1) is 0 Å². The number of carbonyl (C=O) groups is 1. The zero-order valence-electron chi connectivity index (χ0n) is 18.6. The molecule has 168 valence electrons. The van der Waals surface area contributed by atoms with Crippen molar-refractivity contribution in [2.45, 2.75) is 33.1 Å². The highest BCUT2D eigenvalue weighted by atomic mass is 16.5. The highest BCUT2D eigenvalue weighted by Gasteiger charge is 2.07. The highest BCUT2D eigenvalue weighted by Crippen LogP contribution is 1.90. The molecule has 0 aliphatic rings. The van der Waals surface area contributed by atoms with Gasteiger partial charge in [-0.05, 0) is 26.4 Å². The monoisotopic (exact) mass is 402 g/mol. The molecule has 8 nitrogen and oxygen atoms in total. The van der Waals surface area contributed by atoms with Gasteiger partial charge in [-0.1, -0.05) is 13.8 Å². The van der Waals surface area contributed by atoms with Crippen LogP contribution in [-0.4, -0.2) is 108 Å². The second kappa shape index (κ2) is 21.0. The molecule has 0 spiro atoms. The first-order chi connectivity index (χ1) is 13.7. The largest absolute Gasteiger partial charge is 0.381 e. The van der Waals surface area contributed by atoms with E-state index >= 15 is 0 Å². The lowest BCUT2D eigenvalue weighted by Gasteiger charge is -2.24. The molecular formula is C20H46N6O2. The molecule has 0 unspecified atom stereocenters. The number of likely N-dealkylation sites (N-methyl/N-ethyl adjacent to an activating group) is 1. The molecule has 0 aromatic carbocycles. The maximum absolute atomic E-state index is 11.8. The van der Waals surface area contributed by atoms with Gasteiger partial charge in [0.1, 0.15) is 0 Å². The van der Waals surface area contributed by atoms with Crippen molar-refractivity contribution in [3.05, 3.63) is 0 Å². The standard InChI is InChI=1S/C20H46N6O2/c1-4-12-25(13-7-21)15-9-23-10-16-26(14-8-22-3)17-11-24-20(27)6-19-28-18-5-2/h22-23H,4-19,21H2,1-3H3,(H,24,27). The van der Waals surface area contributed by atoms with Gasteiger partial charge in [0.05, 0.1) is 6.61 Å². The van der Waals surface area contributed by atoms with Crippen molar-refractivity contribution in [1.29, 1.82) is 0 Å². The van der Waals surface area contributed by atoms with E-state index in [0.717, 1.165) is 78.4 Å². The maximum Gasteiger partial charge on any atom is 0.222 e. The summed E-state index contributed by atoms with van der Waals surface area (Å²) in [4.78, 5) is 16.6. The molecule has 0 aromatic rings. The number of nitrogens with two attached hydrogens (primary N) is 1. The van der Waals surface area contributed by atoms with Gasteiger partial charge in [-0.25, -0.2) is 0 Å². The van der Waals surface area contributed by atoms with Gasteiger partial charge in [-0.2, -0.15) is 0 Å². The van der Waals surface area contributed by atoms with Crippen molar-refractivity contribution in [1.82, 2.24) is 25.8 Å². The molecule has 0 bridgehead atoms. The first-order valence-electron chi connectivity index (χ1n) is 11.0. The molecule has 1 amide bonds. The fourth-order valence-electron chi connectivity index (χ4n) is 2.89. The van der Waals surface area contributed by atoms with Gasteiger partial charge in [0.2, 0.25) is 5.91 Å². The van der Waals surface area contributed by atoms with E-state index in [1.54, 1.807) is 0 Å². The number of ether oxygens (including phenoxy) is 1. The molecule has 0 radical (unpaired) electrons. The smallest absolute Gasteiger partial charge is 0.222 e. The van der Waals surface area contributed by atoms with Crippen LogP contribution < -0.4 is 21.7 Å². The molecule has 0 aliphatic heterocycles. The van der Waals surface area contributed by atoms with Crippen molar-refractivity contribution >= 4 is 5.91 Å². The van der Waals surface area contributed by atoms with Crippen LogP contribution in [0.1, 0.15) is 33.1 Å². The molecule has 0 atom stereocenters. The van der Waals surface area contributed by atoms with E-state index in [0.29, 0.717) is 26.1 Å². The Bertz CT molecular complexity index is 341. The van der Waals surface area contributed by atoms with Gasteiger partial charge in [0.15, 0.2) is 0 Å². The van der Waals surface area contributed by atoms with Crippen molar-refractivity contribution in [2.75, 3.05) is 92.3 Å². The molecule has 0 rings (SSSR count). The van der Waals surface area contributed by atoms with Crippen molar-refractivity contribution in [3.63, 3.8) is 0 Å². The lowest BCUT2D eigenvalue weighted by Crippen LogP contribution is -2.42. The van der Waals surface area contributed by atoms with Gasteiger partial charge < -0.3 is 31.3 Å². The topological polar surface area (TPSA) is 94.9 Å². The Morgan fingerprint density at radius 1 is 0.857 bits per heavy atom. The molecule has 0 saturated heterocycles. The Balaban J connectivity index is 3.92. The summed E-state index contributed by atoms with van der Waals surface area (Å²) in [7, 11) is 1.97. The maximum atomic E-state index is 11.8. The SMILES string of the molecule is CCCOCCC(=O)NCCN(CCNC)CCNCCN(CCC)CCN. The fraction of sp³-hybridized carbons (Fsp3) is 0.950. The molecular weight excluding hydrogens is 356 g/mol. The second-order valence-corrected chi connectivity index (χ2v) is 7.04. The Hall–Kier alpha value is -0.770. The van der Waals surface area contributed by atoms with Gasteiger partial charge >= 0.3 is 0 Å². The van der Waals surface area contributed by atoms with Crippen LogP contribution in [0.2, 0.25) is 0 Å². The predicted octanol–water partition coefficient (Wildman–Crippen LogP) is -0.299. The summed E-state index contributed by atoms with van der Waals surface area (Å²) in [6, 6.07) is 0. The van der Waals surface area contributed by atoms with Crippen molar-refractivity contribution in [3.8, 4) is 0 Å². The number of carbonyl (C=O) groups excluding carboxylic acids is 1. The van der Waals surface area contributed by atoms with E-state index in [1.807, 2.05) is 7.05 Å². The van der Waals surface area contributed by atoms with Gasteiger partial charge in [0.25, 0.3) is 0 Å². The predicted molar refractivity (Wildman–Crippen MR) is 118 cm³/mol. The zero-order valence-corrected chi connectivity index (χ0v) is 18.6. The van der Waals surface area contributed by atoms with Crippen LogP contribution in [0.25, 0.3) is 0 Å². The van der Waals surface area contributed by atoms with Gasteiger partial charge in [-0.3, -0.25) is 9.69 Å². The molecule has 0 aromatic heterocycles. The Morgan fingerprint density at radius 3 is 2.11 bits per heavy atom. The number of amides is 1.